The Balaban J connectivity index is 1.39. The van der Waals surface area contributed by atoms with E-state index in [-0.39, 0.29) is 60.9 Å². The number of sulfonamides is 1. The van der Waals surface area contributed by atoms with Crippen LogP contribution in [0.4, 0.5) is 10.5 Å². The molecule has 0 aliphatic carbocycles. The Morgan fingerprint density at radius 3 is 2.52 bits per heavy atom. The summed E-state index contributed by atoms with van der Waals surface area (Å²) in [4.78, 5) is 53.2. The van der Waals surface area contributed by atoms with Crippen LogP contribution in [0.3, 0.4) is 0 Å². The summed E-state index contributed by atoms with van der Waals surface area (Å²) in [5, 5.41) is 14.1. The molecule has 48 heavy (non-hydrogen) atoms. The summed E-state index contributed by atoms with van der Waals surface area (Å²) in [6.07, 6.45) is -0.285. The lowest BCUT2D eigenvalue weighted by atomic mass is 9.99. The Morgan fingerprint density at radius 2 is 1.83 bits per heavy atom. The SMILES string of the molecule is [C-]#[N+]c1cc(C[C@H](NC(=O)OCc2ccccc2)C(=O)NCCCCOc2cccc(O)c2C(=O)OC)ccc1C1CC(=O)NS1(=O)=O. The van der Waals surface area contributed by atoms with Crippen molar-refractivity contribution in [3.05, 3.63) is 100 Å². The molecule has 0 radical (unpaired) electrons. The van der Waals surface area contributed by atoms with Gasteiger partial charge in [-0.2, -0.15) is 0 Å². The lowest BCUT2D eigenvalue weighted by molar-refractivity contribution is -0.123. The molecule has 3 aromatic rings. The van der Waals surface area contributed by atoms with Crippen molar-refractivity contribution >= 4 is 39.6 Å². The predicted molar refractivity (Wildman–Crippen MR) is 172 cm³/mol. The Kier molecular flexibility index (Phi) is 12.0. The molecule has 0 aromatic heterocycles. The number of aromatic hydroxyl groups is 1. The van der Waals surface area contributed by atoms with Crippen LogP contribution in [0.1, 0.15) is 51.6 Å². The number of phenolic OH excluding ortho intramolecular Hbond substituents is 1. The van der Waals surface area contributed by atoms with E-state index in [1.807, 2.05) is 10.8 Å². The number of alkyl carbamates (subject to hydrolysis) is 1. The maximum absolute atomic E-state index is 13.3. The first-order valence-electron chi connectivity index (χ1n) is 14.8. The topological polar surface area (TPSA) is 191 Å². The molecule has 252 valence electrons. The van der Waals surface area contributed by atoms with Crippen molar-refractivity contribution in [2.24, 2.45) is 0 Å². The van der Waals surface area contributed by atoms with E-state index in [0.717, 1.165) is 5.56 Å². The van der Waals surface area contributed by atoms with Crippen LogP contribution in [0.25, 0.3) is 4.85 Å². The molecule has 1 heterocycles. The largest absolute Gasteiger partial charge is 0.507 e. The predicted octanol–water partition coefficient (Wildman–Crippen LogP) is 3.43. The number of ether oxygens (including phenoxy) is 3. The molecule has 1 unspecified atom stereocenters. The lowest BCUT2D eigenvalue weighted by Gasteiger charge is -2.19. The third-order valence-electron chi connectivity index (χ3n) is 7.35. The Bertz CT molecular complexity index is 1810. The molecule has 15 heteroatoms. The number of benzene rings is 3. The first kappa shape index (κ1) is 35.2. The number of esters is 1. The van der Waals surface area contributed by atoms with Gasteiger partial charge in [0, 0.05) is 19.4 Å². The van der Waals surface area contributed by atoms with Crippen molar-refractivity contribution < 1.29 is 46.9 Å². The number of hydrogen-bond acceptors (Lipinski definition) is 10. The second-order valence-corrected chi connectivity index (χ2v) is 12.6. The fourth-order valence-electron chi connectivity index (χ4n) is 4.96. The molecule has 1 aliphatic rings. The summed E-state index contributed by atoms with van der Waals surface area (Å²) in [7, 11) is -2.79. The molecule has 0 spiro atoms. The van der Waals surface area contributed by atoms with Crippen LogP contribution in [-0.2, 0) is 42.1 Å². The van der Waals surface area contributed by atoms with Gasteiger partial charge in [0.25, 0.3) is 0 Å². The Morgan fingerprint density at radius 1 is 1.06 bits per heavy atom. The first-order valence-corrected chi connectivity index (χ1v) is 16.4. The smallest absolute Gasteiger partial charge is 0.408 e. The molecule has 1 aliphatic heterocycles. The maximum Gasteiger partial charge on any atom is 0.408 e. The van der Waals surface area contributed by atoms with E-state index in [9.17, 15) is 32.7 Å². The van der Waals surface area contributed by atoms with E-state index in [1.165, 1.54) is 37.4 Å². The minimum absolute atomic E-state index is 0.00507. The van der Waals surface area contributed by atoms with E-state index >= 15 is 0 Å². The van der Waals surface area contributed by atoms with E-state index in [0.29, 0.717) is 18.4 Å². The Labute approximate surface area is 277 Å². The molecule has 1 fully saturated rings. The second kappa shape index (κ2) is 16.3. The van der Waals surface area contributed by atoms with Crippen molar-refractivity contribution in [2.45, 2.75) is 43.6 Å². The van der Waals surface area contributed by atoms with Crippen molar-refractivity contribution in [3.63, 3.8) is 0 Å². The monoisotopic (exact) mass is 678 g/mol. The van der Waals surface area contributed by atoms with Crippen molar-refractivity contribution in [3.8, 4) is 11.5 Å². The highest BCUT2D eigenvalue weighted by molar-refractivity contribution is 7.90. The average Bonchev–Trinajstić information content (AvgIpc) is 3.35. The summed E-state index contributed by atoms with van der Waals surface area (Å²) in [6.45, 7) is 7.95. The zero-order valence-corrected chi connectivity index (χ0v) is 26.7. The fourth-order valence-corrected chi connectivity index (χ4v) is 6.40. The van der Waals surface area contributed by atoms with Crippen LogP contribution >= 0.6 is 0 Å². The molecular weight excluding hydrogens is 644 g/mol. The highest BCUT2D eigenvalue weighted by Crippen LogP contribution is 2.37. The number of nitrogens with zero attached hydrogens (tertiary/aromatic N) is 1. The summed E-state index contributed by atoms with van der Waals surface area (Å²) in [5.74, 6) is -2.06. The first-order chi connectivity index (χ1) is 23.0. The molecular formula is C33H34N4O10S. The van der Waals surface area contributed by atoms with Gasteiger partial charge in [0.2, 0.25) is 21.8 Å². The molecule has 2 atom stereocenters. The number of nitrogens with one attached hydrogen (secondary N) is 3. The number of carbonyl (C=O) groups excluding carboxylic acids is 4. The number of carbonyl (C=O) groups is 4. The van der Waals surface area contributed by atoms with E-state index in [1.54, 1.807) is 30.3 Å². The van der Waals surface area contributed by atoms with Gasteiger partial charge in [-0.15, -0.1) is 0 Å². The minimum Gasteiger partial charge on any atom is -0.507 e. The van der Waals surface area contributed by atoms with E-state index in [4.69, 9.17) is 20.8 Å². The second-order valence-electron chi connectivity index (χ2n) is 10.7. The van der Waals surface area contributed by atoms with Gasteiger partial charge in [0.15, 0.2) is 5.69 Å². The number of hydrogen-bond donors (Lipinski definition) is 4. The van der Waals surface area contributed by atoms with E-state index in [2.05, 4.69) is 15.5 Å². The highest BCUT2D eigenvalue weighted by Gasteiger charge is 2.39. The quantitative estimate of drug-likeness (QED) is 0.112. The highest BCUT2D eigenvalue weighted by atomic mass is 32.2. The molecule has 0 saturated carbocycles. The third-order valence-corrected chi connectivity index (χ3v) is 9.03. The zero-order chi connectivity index (χ0) is 34.7. The fraction of sp³-hybridized carbons (Fsp3) is 0.303. The van der Waals surface area contributed by atoms with Gasteiger partial charge >= 0.3 is 12.1 Å². The summed E-state index contributed by atoms with van der Waals surface area (Å²) in [5.41, 5.74) is 1.28. The number of unbranched alkanes of at least 4 members (excludes halogenated alkanes) is 1. The normalized spacial score (nSPS) is 15.3. The van der Waals surface area contributed by atoms with Gasteiger partial charge in [-0.05, 0) is 36.1 Å². The molecule has 14 nitrogen and oxygen atoms in total. The van der Waals surface area contributed by atoms with Gasteiger partial charge < -0.3 is 30.0 Å². The molecule has 3 aromatic carbocycles. The van der Waals surface area contributed by atoms with Crippen LogP contribution < -0.4 is 20.1 Å². The summed E-state index contributed by atoms with van der Waals surface area (Å²) in [6, 6.07) is 16.6. The number of phenols is 1. The molecule has 4 rings (SSSR count). The van der Waals surface area contributed by atoms with Crippen molar-refractivity contribution in [2.75, 3.05) is 20.3 Å². The van der Waals surface area contributed by atoms with E-state index < -0.39 is 45.2 Å². The summed E-state index contributed by atoms with van der Waals surface area (Å²) < 4.78 is 42.4. The zero-order valence-electron chi connectivity index (χ0n) is 25.9. The van der Waals surface area contributed by atoms with Crippen LogP contribution in [0.15, 0.2) is 66.7 Å². The maximum atomic E-state index is 13.3. The standard InChI is InChI=1S/C33H34N4O10S/c1-34-24-17-22(13-14-23(24)28-19-29(39)37-48(28,43)44)18-25(36-33(42)47-20-21-9-4-3-5-10-21)31(40)35-15-6-7-16-46-27-12-8-11-26(38)30(27)32(41)45-2/h3-5,8-14,17,25,28,38H,6-7,15-16,18-20H2,2H3,(H,35,40)(H,36,42)(H,37,39)/t25-,28?/m0/s1. The lowest BCUT2D eigenvalue weighted by Crippen LogP contribution is -2.48. The van der Waals surface area contributed by atoms with Gasteiger partial charge in [0.1, 0.15) is 35.0 Å². The van der Waals surface area contributed by atoms with Crippen LogP contribution in [0, 0.1) is 6.57 Å². The van der Waals surface area contributed by atoms with Crippen LogP contribution in [-0.4, -0.2) is 63.7 Å². The molecule has 3 amide bonds. The summed E-state index contributed by atoms with van der Waals surface area (Å²) >= 11 is 0. The number of rotatable bonds is 14. The van der Waals surface area contributed by atoms with Gasteiger partial charge in [-0.3, -0.25) is 14.3 Å². The third kappa shape index (κ3) is 9.23. The van der Waals surface area contributed by atoms with Crippen LogP contribution in [0.5, 0.6) is 11.5 Å². The van der Waals surface area contributed by atoms with Gasteiger partial charge in [-0.25, -0.2) is 22.9 Å². The van der Waals surface area contributed by atoms with Crippen LogP contribution in [0.2, 0.25) is 0 Å². The Hall–Kier alpha value is -5.62. The number of amides is 3. The van der Waals surface area contributed by atoms with Crippen molar-refractivity contribution in [1.29, 1.82) is 0 Å². The molecule has 1 saturated heterocycles. The average molecular weight is 679 g/mol. The molecule has 4 N–H and O–H groups in total. The van der Waals surface area contributed by atoms with Gasteiger partial charge in [0.05, 0.1) is 20.3 Å². The van der Waals surface area contributed by atoms with Crippen molar-refractivity contribution in [1.82, 2.24) is 15.4 Å². The molecule has 0 bridgehead atoms. The van der Waals surface area contributed by atoms with Gasteiger partial charge in [-0.1, -0.05) is 60.2 Å². The minimum atomic E-state index is -3.98. The number of methoxy groups -OCH3 is 1.